The number of rotatable bonds is 4. The smallest absolute Gasteiger partial charge is 0.233 e. The molecule has 2 saturated heterocycles. The number of piperazine rings is 1. The Balaban J connectivity index is 1.45. The number of hydrogen-bond donors (Lipinski definition) is 1. The van der Waals surface area contributed by atoms with Crippen molar-refractivity contribution >= 4 is 17.7 Å². The number of fused-ring (bicyclic) bond motifs is 1. The van der Waals surface area contributed by atoms with Gasteiger partial charge in [-0.2, -0.15) is 0 Å². The van der Waals surface area contributed by atoms with Gasteiger partial charge in [0.2, 0.25) is 5.91 Å². The number of carbonyl (C=O) groups is 1. The van der Waals surface area contributed by atoms with E-state index < -0.39 is 0 Å². The highest BCUT2D eigenvalue weighted by molar-refractivity contribution is 8.00. The van der Waals surface area contributed by atoms with Gasteiger partial charge in [0, 0.05) is 39.3 Å². The van der Waals surface area contributed by atoms with E-state index in [1.165, 1.54) is 0 Å². The van der Waals surface area contributed by atoms with Crippen LogP contribution in [-0.4, -0.2) is 73.9 Å². The Hall–Kier alpha value is -1.44. The van der Waals surface area contributed by atoms with E-state index in [1.807, 2.05) is 17.0 Å². The van der Waals surface area contributed by atoms with Crippen LogP contribution >= 0.6 is 11.8 Å². The van der Waals surface area contributed by atoms with Gasteiger partial charge in [0.25, 0.3) is 0 Å². The molecule has 0 bridgehead atoms. The molecule has 3 heterocycles. The number of thioether (sulfide) groups is 1. The zero-order chi connectivity index (χ0) is 16.4. The molecule has 1 atom stereocenters. The van der Waals surface area contributed by atoms with Crippen molar-refractivity contribution in [3.8, 4) is 11.5 Å². The summed E-state index contributed by atoms with van der Waals surface area (Å²) in [5.74, 6) is 2.38. The summed E-state index contributed by atoms with van der Waals surface area (Å²) in [4.78, 5) is 16.8. The maximum atomic E-state index is 12.3. The van der Waals surface area contributed by atoms with Gasteiger partial charge in [0.05, 0.1) is 5.75 Å². The maximum absolute atomic E-state index is 12.3. The van der Waals surface area contributed by atoms with Crippen LogP contribution in [0.1, 0.15) is 10.9 Å². The first-order chi connectivity index (χ1) is 11.8. The Labute approximate surface area is 146 Å². The van der Waals surface area contributed by atoms with Gasteiger partial charge in [-0.1, -0.05) is 6.07 Å². The zero-order valence-electron chi connectivity index (χ0n) is 13.7. The molecular weight excluding hydrogens is 326 g/mol. The summed E-state index contributed by atoms with van der Waals surface area (Å²) < 4.78 is 11.3. The predicted octanol–water partition coefficient (Wildman–Crippen LogP) is 0.937. The van der Waals surface area contributed by atoms with Crippen LogP contribution in [-0.2, 0) is 4.79 Å². The van der Waals surface area contributed by atoms with Crippen molar-refractivity contribution in [3.05, 3.63) is 23.8 Å². The van der Waals surface area contributed by atoms with E-state index in [9.17, 15) is 4.79 Å². The molecule has 130 valence electrons. The number of nitrogens with one attached hydrogen (secondary N) is 1. The summed E-state index contributed by atoms with van der Waals surface area (Å²) in [7, 11) is 0. The van der Waals surface area contributed by atoms with E-state index >= 15 is 0 Å². The van der Waals surface area contributed by atoms with Crippen LogP contribution in [0.5, 0.6) is 11.5 Å². The zero-order valence-corrected chi connectivity index (χ0v) is 14.5. The minimum atomic E-state index is 0.0799. The highest BCUT2D eigenvalue weighted by Gasteiger charge is 2.33. The second kappa shape index (κ2) is 7.21. The van der Waals surface area contributed by atoms with Crippen molar-refractivity contribution in [1.82, 2.24) is 15.1 Å². The molecule has 0 aliphatic carbocycles. The standard InChI is InChI=1S/C17H23N3O3S/c21-16-12-24-17(20(16)8-7-19-5-3-18-4-6-19)13-1-2-14-15(11-13)23-10-9-22-14/h1-2,11,17-18H,3-10,12H2/t17-/m1/s1. The van der Waals surface area contributed by atoms with Gasteiger partial charge in [-0.15, -0.1) is 11.8 Å². The Morgan fingerprint density at radius 2 is 1.92 bits per heavy atom. The lowest BCUT2D eigenvalue weighted by molar-refractivity contribution is -0.128. The van der Waals surface area contributed by atoms with E-state index in [1.54, 1.807) is 11.8 Å². The third-order valence-corrected chi connectivity index (χ3v) is 5.94. The Morgan fingerprint density at radius 1 is 1.12 bits per heavy atom. The first kappa shape index (κ1) is 16.1. The van der Waals surface area contributed by atoms with Gasteiger partial charge in [-0.3, -0.25) is 9.69 Å². The molecule has 1 aromatic rings. The Bertz CT molecular complexity index is 607. The van der Waals surface area contributed by atoms with Crippen molar-refractivity contribution in [1.29, 1.82) is 0 Å². The van der Waals surface area contributed by atoms with Crippen LogP contribution in [0.4, 0.5) is 0 Å². The third kappa shape index (κ3) is 3.34. The summed E-state index contributed by atoms with van der Waals surface area (Å²) >= 11 is 1.70. The van der Waals surface area contributed by atoms with Crippen LogP contribution in [0, 0.1) is 0 Å². The molecule has 7 heteroatoms. The first-order valence-corrected chi connectivity index (χ1v) is 9.60. The highest BCUT2D eigenvalue weighted by atomic mass is 32.2. The fourth-order valence-corrected chi connectivity index (χ4v) is 4.58. The van der Waals surface area contributed by atoms with E-state index in [4.69, 9.17) is 9.47 Å². The van der Waals surface area contributed by atoms with Crippen molar-refractivity contribution < 1.29 is 14.3 Å². The average Bonchev–Trinajstić information content (AvgIpc) is 3.01. The predicted molar refractivity (Wildman–Crippen MR) is 93.7 cm³/mol. The quantitative estimate of drug-likeness (QED) is 0.873. The first-order valence-electron chi connectivity index (χ1n) is 8.55. The number of carbonyl (C=O) groups excluding carboxylic acids is 1. The normalized spacial score (nSPS) is 24.4. The Kier molecular flexibility index (Phi) is 4.82. The lowest BCUT2D eigenvalue weighted by atomic mass is 10.1. The molecule has 6 nitrogen and oxygen atoms in total. The second-order valence-corrected chi connectivity index (χ2v) is 7.31. The molecule has 1 N–H and O–H groups in total. The molecule has 0 spiro atoms. The molecule has 1 amide bonds. The van der Waals surface area contributed by atoms with Gasteiger partial charge in [-0.05, 0) is 17.7 Å². The summed E-state index contributed by atoms with van der Waals surface area (Å²) in [6.45, 7) is 7.09. The van der Waals surface area contributed by atoms with Gasteiger partial charge in [0.15, 0.2) is 11.5 Å². The van der Waals surface area contributed by atoms with Crippen molar-refractivity contribution in [2.24, 2.45) is 0 Å². The molecule has 1 aromatic carbocycles. The number of benzene rings is 1. The van der Waals surface area contributed by atoms with E-state index in [0.29, 0.717) is 19.0 Å². The fourth-order valence-electron chi connectivity index (χ4n) is 3.37. The van der Waals surface area contributed by atoms with Crippen molar-refractivity contribution in [3.63, 3.8) is 0 Å². The second-order valence-electron chi connectivity index (χ2n) is 6.25. The lowest BCUT2D eigenvalue weighted by Gasteiger charge is -2.31. The van der Waals surface area contributed by atoms with Gasteiger partial charge in [-0.25, -0.2) is 0 Å². The van der Waals surface area contributed by atoms with Crippen molar-refractivity contribution in [2.75, 3.05) is 58.2 Å². The van der Waals surface area contributed by atoms with Gasteiger partial charge in [0.1, 0.15) is 18.6 Å². The van der Waals surface area contributed by atoms with Crippen LogP contribution in [0.25, 0.3) is 0 Å². The number of hydrogen-bond acceptors (Lipinski definition) is 6. The Morgan fingerprint density at radius 3 is 2.75 bits per heavy atom. The number of amides is 1. The third-order valence-electron chi connectivity index (χ3n) is 4.69. The lowest BCUT2D eigenvalue weighted by Crippen LogP contribution is -2.46. The molecule has 3 aliphatic rings. The summed E-state index contributed by atoms with van der Waals surface area (Å²) in [5.41, 5.74) is 1.12. The fraction of sp³-hybridized carbons (Fsp3) is 0.588. The molecule has 0 saturated carbocycles. The van der Waals surface area contributed by atoms with Crippen LogP contribution < -0.4 is 14.8 Å². The summed E-state index contributed by atoms with van der Waals surface area (Å²) in [6, 6.07) is 6.05. The highest BCUT2D eigenvalue weighted by Crippen LogP contribution is 2.41. The molecular formula is C17H23N3O3S. The molecule has 0 aromatic heterocycles. The van der Waals surface area contributed by atoms with E-state index in [2.05, 4.69) is 16.3 Å². The summed E-state index contributed by atoms with van der Waals surface area (Å²) in [5, 5.41) is 3.44. The number of ether oxygens (including phenoxy) is 2. The number of nitrogens with zero attached hydrogens (tertiary/aromatic N) is 2. The molecule has 2 fully saturated rings. The van der Waals surface area contributed by atoms with E-state index in [-0.39, 0.29) is 11.3 Å². The minimum absolute atomic E-state index is 0.0799. The topological polar surface area (TPSA) is 54.0 Å². The van der Waals surface area contributed by atoms with Crippen molar-refractivity contribution in [2.45, 2.75) is 5.37 Å². The van der Waals surface area contributed by atoms with Crippen LogP contribution in [0.15, 0.2) is 18.2 Å². The molecule has 4 rings (SSSR count). The molecule has 0 radical (unpaired) electrons. The minimum Gasteiger partial charge on any atom is -0.486 e. The monoisotopic (exact) mass is 349 g/mol. The van der Waals surface area contributed by atoms with Crippen LogP contribution in [0.2, 0.25) is 0 Å². The average molecular weight is 349 g/mol. The summed E-state index contributed by atoms with van der Waals surface area (Å²) in [6.07, 6.45) is 0. The molecule has 24 heavy (non-hydrogen) atoms. The van der Waals surface area contributed by atoms with Gasteiger partial charge < -0.3 is 19.7 Å². The SMILES string of the molecule is O=C1CS[C@H](c2ccc3c(c2)OCCO3)N1CCN1CCNCC1. The van der Waals surface area contributed by atoms with Gasteiger partial charge >= 0.3 is 0 Å². The van der Waals surface area contributed by atoms with E-state index in [0.717, 1.165) is 56.3 Å². The van der Waals surface area contributed by atoms with Crippen LogP contribution in [0.3, 0.4) is 0 Å². The maximum Gasteiger partial charge on any atom is 0.233 e. The molecule has 3 aliphatic heterocycles. The largest absolute Gasteiger partial charge is 0.486 e. The molecule has 0 unspecified atom stereocenters.